The number of aliphatic hydroxyl groups excluding tert-OH is 2. The van der Waals surface area contributed by atoms with Gasteiger partial charge in [0.1, 0.15) is 46.4 Å². The molecule has 20 nitrogen and oxygen atoms in total. The van der Waals surface area contributed by atoms with Crippen molar-refractivity contribution >= 4 is 207 Å². The number of aliphatic carboxylic acids is 1. The number of ether oxygens (including phenoxy) is 2. The highest BCUT2D eigenvalue weighted by molar-refractivity contribution is 14.1. The highest BCUT2D eigenvalue weighted by Crippen LogP contribution is 2.43. The molecule has 0 aliphatic heterocycles. The van der Waals surface area contributed by atoms with E-state index in [0.29, 0.717) is 87.3 Å². The number of hydrogen-bond acceptors (Lipinski definition) is 16. The summed E-state index contributed by atoms with van der Waals surface area (Å²) < 4.78 is 79.5. The lowest BCUT2D eigenvalue weighted by molar-refractivity contribution is -0.131. The topological polar surface area (TPSA) is 289 Å². The van der Waals surface area contributed by atoms with Gasteiger partial charge in [-0.3, -0.25) is 48.7 Å². The third-order valence-electron chi connectivity index (χ3n) is 21.5. The average molecular weight is 2300 g/mol. The van der Waals surface area contributed by atoms with Gasteiger partial charge in [-0.15, -0.1) is 0 Å². The van der Waals surface area contributed by atoms with E-state index in [-0.39, 0.29) is 55.2 Å². The number of fused-ring (bicyclic) bond motifs is 5. The molecule has 146 heavy (non-hydrogen) atoms. The Morgan fingerprint density at radius 2 is 0.986 bits per heavy atom. The molecule has 0 bridgehead atoms. The number of aromatic nitrogens is 8. The Morgan fingerprint density at radius 1 is 0.500 bits per heavy atom. The maximum Gasteiger partial charge on any atom is 0.419 e. The molecule has 8 heterocycles. The van der Waals surface area contributed by atoms with Crippen molar-refractivity contribution in [2.45, 2.75) is 131 Å². The van der Waals surface area contributed by atoms with E-state index in [1.54, 1.807) is 93.8 Å². The molecule has 8 aromatic carbocycles. The van der Waals surface area contributed by atoms with Crippen LogP contribution in [-0.2, 0) is 27.1 Å². The lowest BCUT2D eigenvalue weighted by atomic mass is 9.87. The van der Waals surface area contributed by atoms with Crippen LogP contribution >= 0.6 is 103 Å². The van der Waals surface area contributed by atoms with E-state index in [1.165, 1.54) is 92.6 Å². The summed E-state index contributed by atoms with van der Waals surface area (Å²) in [6, 6.07) is 57.4. The van der Waals surface area contributed by atoms with Crippen LogP contribution in [0.25, 0.3) is 62.1 Å². The Morgan fingerprint density at radius 3 is 1.50 bits per heavy atom. The molecular weight excluding hydrogens is 2200 g/mol. The molecule has 2 atom stereocenters. The number of carboxylic acids is 1. The van der Waals surface area contributed by atoms with E-state index < -0.39 is 52.9 Å². The first-order chi connectivity index (χ1) is 69.6. The number of ketones is 3. The predicted octanol–water partition coefficient (Wildman–Crippen LogP) is 30.7. The van der Waals surface area contributed by atoms with Gasteiger partial charge in [-0.25, -0.2) is 40.9 Å². The molecule has 752 valence electrons. The first-order valence-electron chi connectivity index (χ1n) is 45.5. The number of aliphatic hydroxyl groups is 2. The van der Waals surface area contributed by atoms with Crippen LogP contribution in [0, 0.1) is 36.2 Å². The second kappa shape index (κ2) is 54.7. The third kappa shape index (κ3) is 33.3. The van der Waals surface area contributed by atoms with Crippen LogP contribution in [-0.4, -0.2) is 107 Å². The van der Waals surface area contributed by atoms with E-state index in [4.69, 9.17) is 72.6 Å². The third-order valence-corrected chi connectivity index (χ3v) is 24.5. The van der Waals surface area contributed by atoms with Crippen molar-refractivity contribution in [2.75, 3.05) is 0 Å². The lowest BCUT2D eigenvalue weighted by Crippen LogP contribution is -2.28. The number of carbonyl (C=O) groups is 7. The fraction of sp³-hybridized carbons (Fsp3) is 0.175. The van der Waals surface area contributed by atoms with Gasteiger partial charge in [-0.1, -0.05) is 146 Å². The fourth-order valence-corrected chi connectivity index (χ4v) is 16.5. The molecule has 4 N–H and O–H groups in total. The van der Waals surface area contributed by atoms with Gasteiger partial charge in [0.2, 0.25) is 5.78 Å². The number of carbonyl (C=O) groups excluding carboxylic acids is 6. The summed E-state index contributed by atoms with van der Waals surface area (Å²) >= 11 is 33.3. The summed E-state index contributed by atoms with van der Waals surface area (Å²) in [4.78, 5) is 104. The fourth-order valence-electron chi connectivity index (χ4n) is 14.4. The molecule has 16 aromatic rings. The number of rotatable bonds is 17. The maximum atomic E-state index is 13.7. The number of hydrogen-bond donors (Lipinski definition) is 4. The molecule has 0 fully saturated rings. The molecule has 2 aliphatic rings. The smallest absolute Gasteiger partial charge is 0.419 e. The number of benzene rings is 8. The quantitative estimate of drug-likeness (QED) is 0.0164. The number of H-pyrrole nitrogens is 1. The summed E-state index contributed by atoms with van der Waals surface area (Å²) in [6.07, 6.45) is 30.3. The molecule has 0 saturated heterocycles. The standard InChI is InChI=1S/C27H21ClFNO2.C19H19IN2O3.C14H9IN2O.C12H14N2O2.C9H10ClFO.2C9H8ClFO.C8H7N.C7H4ClFO/c1-2-23(24-9-8-22(29)15-25(24)28)27(20-13-19-11-12-30-16-21(19)14-20)18-6-3-17(4-7-18)5-10-26(31)32;1-19(2,3)25-18(24)22-15-8-9-21-11-13(15)10-16(22)17(23)12-4-6-14(20)7-5-12;15-11-3-1-9(2-4-11)14(18)13-7-10-8-16-6-5-12(10)17-13;1-12(2,3)16-11(15)14-7-5-9-8-13-6-4-10(9)14;3*1-2-9(12)7-4-3-6(11)5-8(7)10;1-2-7-4-5-9-6-8(7)3-1;8-7-3-6(9)2-1-5(7)4-10/h3-12,14-16H,2,13H2,1H3,(H,31,32);4-11,17,23H,1-3H3;1-8,17H;4-8H,1-3H3;3-5,9,12H,2H2,1H3;2*3-5H,2H2,1H3;1,3-6H,2H2;1-4H/b10-5+,27-23+;;;;;;;;. The van der Waals surface area contributed by atoms with Crippen molar-refractivity contribution in [1.29, 1.82) is 0 Å². The van der Waals surface area contributed by atoms with Gasteiger partial charge in [0.05, 0.1) is 48.6 Å². The SMILES string of the molecule is C1=Cc2cnccc2C1.CC(C)(C)OC(=O)n1c(C(O)c2ccc(I)cc2)cc2cnccc21.CC(C)(C)OC(=O)n1ccc2cnccc21.CC/C(=C(\C1=Cc2cnccc2C1)c1ccc(/C=C/C(=O)O)cc1)c1ccc(F)cc1Cl.CCC(=O)c1ccc(F)cc1Cl.CCC(=O)c1ccc(F)cc1Cl.CCC(O)c1ccc(F)cc1Cl.O=C(c1ccc(I)cc1)c1cc2cnccc2[nH]1.O=Cc1ccc(F)cc1Cl. The maximum absolute atomic E-state index is 13.7. The molecule has 0 spiro atoms. The minimum Gasteiger partial charge on any atom is -0.478 e. The largest absolute Gasteiger partial charge is 0.478 e. The number of aldehydes is 1. The Labute approximate surface area is 893 Å². The van der Waals surface area contributed by atoms with Gasteiger partial charge in [-0.2, -0.15) is 0 Å². The number of halogens is 12. The number of aromatic amines is 1. The lowest BCUT2D eigenvalue weighted by Gasteiger charge is -2.22. The number of nitrogens with zero attached hydrogens (tertiary/aromatic N) is 7. The molecule has 18 rings (SSSR count). The van der Waals surface area contributed by atoms with Crippen LogP contribution in [0.5, 0.6) is 0 Å². The van der Waals surface area contributed by atoms with E-state index in [0.717, 1.165) is 110 Å². The van der Waals surface area contributed by atoms with E-state index in [1.807, 2.05) is 164 Å². The van der Waals surface area contributed by atoms with Gasteiger partial charge < -0.3 is 29.8 Å². The molecule has 2 unspecified atom stereocenters. The average Bonchev–Trinajstić information content (AvgIpc) is 1.64. The highest BCUT2D eigenvalue weighted by atomic mass is 127. The van der Waals surface area contributed by atoms with Crippen LogP contribution in [0.4, 0.5) is 31.5 Å². The number of pyridine rings is 5. The minimum atomic E-state index is -0.989. The van der Waals surface area contributed by atoms with Crippen LogP contribution in [0.2, 0.25) is 25.1 Å². The van der Waals surface area contributed by atoms with E-state index in [9.17, 15) is 65.7 Å². The zero-order chi connectivity index (χ0) is 106. The molecule has 8 aromatic heterocycles. The van der Waals surface area contributed by atoms with Crippen LogP contribution in [0.15, 0.2) is 298 Å². The van der Waals surface area contributed by atoms with Crippen molar-refractivity contribution in [2.24, 2.45) is 0 Å². The zero-order valence-corrected chi connectivity index (χ0v) is 88.7. The van der Waals surface area contributed by atoms with Gasteiger partial charge in [0.15, 0.2) is 17.9 Å². The van der Waals surface area contributed by atoms with Gasteiger partial charge in [-0.05, 0) is 355 Å². The number of Topliss-reactive ketones (excluding diaryl/α,β-unsaturated/α-hetero) is 2. The molecule has 0 saturated carbocycles. The number of allylic oxidation sites excluding steroid dienone is 4. The number of nitrogens with one attached hydrogen (secondary N) is 1. The monoisotopic (exact) mass is 2300 g/mol. The van der Waals surface area contributed by atoms with Crippen LogP contribution in [0.1, 0.15) is 210 Å². The van der Waals surface area contributed by atoms with Crippen molar-refractivity contribution in [3.63, 3.8) is 0 Å². The predicted molar refractivity (Wildman–Crippen MR) is 585 cm³/mol. The highest BCUT2D eigenvalue weighted by Gasteiger charge is 2.28. The molecule has 0 amide bonds. The normalized spacial score (nSPS) is 12.0. The Balaban J connectivity index is 0.000000174. The van der Waals surface area contributed by atoms with Crippen molar-refractivity contribution < 1.29 is 80.3 Å². The van der Waals surface area contributed by atoms with E-state index >= 15 is 0 Å². The summed E-state index contributed by atoms with van der Waals surface area (Å²) in [5.41, 5.74) is 16.1. The zero-order valence-electron chi connectivity index (χ0n) is 80.6. The number of carboxylic acid groups (broad SMARTS) is 1. The molecule has 32 heteroatoms. The first kappa shape index (κ1) is 115. The minimum absolute atomic E-state index is 0.00241. The second-order valence-corrected chi connectivity index (χ2v) is 38.8. The molecular formula is C114H100Cl5F5I2N8O12. The van der Waals surface area contributed by atoms with Gasteiger partial charge in [0, 0.05) is 143 Å². The Hall–Kier alpha value is -13.3. The van der Waals surface area contributed by atoms with E-state index in [2.05, 4.69) is 106 Å². The van der Waals surface area contributed by atoms with Crippen molar-refractivity contribution in [3.8, 4) is 0 Å². The second-order valence-electron chi connectivity index (χ2n) is 34.3. The van der Waals surface area contributed by atoms with Crippen molar-refractivity contribution in [3.05, 3.63) is 443 Å². The summed E-state index contributed by atoms with van der Waals surface area (Å²) in [5.74, 6) is -3.16. The Kier molecular flexibility index (Phi) is 43.0. The van der Waals surface area contributed by atoms with Crippen LogP contribution < -0.4 is 0 Å². The molecule has 2 aliphatic carbocycles. The van der Waals surface area contributed by atoms with Gasteiger partial charge >= 0.3 is 18.2 Å². The first-order valence-corrected chi connectivity index (χ1v) is 49.6. The Bertz CT molecular complexity index is 7380. The summed E-state index contributed by atoms with van der Waals surface area (Å²) in [6.45, 7) is 18.3. The summed E-state index contributed by atoms with van der Waals surface area (Å²) in [7, 11) is 0. The van der Waals surface area contributed by atoms with Crippen molar-refractivity contribution in [1.82, 2.24) is 39.0 Å². The van der Waals surface area contributed by atoms with Gasteiger partial charge in [0.25, 0.3) is 0 Å². The molecule has 0 radical (unpaired) electrons. The van der Waals surface area contributed by atoms with Crippen LogP contribution in [0.3, 0.4) is 0 Å². The summed E-state index contributed by atoms with van der Waals surface area (Å²) in [5, 5.41) is 32.9.